The number of hydrogen-bond acceptors (Lipinski definition) is 2. The fraction of sp³-hybridized carbons (Fsp3) is 0.308. The molecule has 0 atom stereocenters. The minimum Gasteiger partial charge on any atom is -0.383 e. The zero-order chi connectivity index (χ0) is 12.6. The normalized spacial score (nSPS) is 10.8. The summed E-state index contributed by atoms with van der Waals surface area (Å²) in [6.07, 6.45) is 0. The Labute approximate surface area is 115 Å². The number of aryl methyl sites for hydroxylation is 3. The van der Waals surface area contributed by atoms with Crippen LogP contribution in [0.25, 0.3) is 0 Å². The Morgan fingerprint density at radius 1 is 1.18 bits per heavy atom. The van der Waals surface area contributed by atoms with Gasteiger partial charge in [-0.15, -0.1) is 0 Å². The Balaban J connectivity index is 2.34. The monoisotopic (exact) mass is 341 g/mol. The number of rotatable bonds is 2. The molecule has 0 aliphatic rings. The molecular weight excluding hydrogens is 325 g/mol. The number of anilines is 1. The predicted molar refractivity (Wildman–Crippen MR) is 79.1 cm³/mol. The maximum atomic E-state index is 6.02. The topological polar surface area (TPSA) is 43.8 Å². The lowest BCUT2D eigenvalue weighted by molar-refractivity contribution is 0.688. The fourth-order valence-corrected chi connectivity index (χ4v) is 2.42. The highest BCUT2D eigenvalue weighted by atomic mass is 127. The van der Waals surface area contributed by atoms with Gasteiger partial charge < -0.3 is 5.73 Å². The first kappa shape index (κ1) is 12.4. The van der Waals surface area contributed by atoms with Gasteiger partial charge in [0.05, 0.1) is 15.8 Å². The van der Waals surface area contributed by atoms with E-state index in [9.17, 15) is 0 Å². The second-order valence-corrected chi connectivity index (χ2v) is 5.52. The van der Waals surface area contributed by atoms with Gasteiger partial charge in [-0.05, 0) is 48.9 Å². The van der Waals surface area contributed by atoms with E-state index in [2.05, 4.69) is 59.7 Å². The zero-order valence-corrected chi connectivity index (χ0v) is 12.4. The lowest BCUT2D eigenvalue weighted by Crippen LogP contribution is -2.06. The first-order chi connectivity index (χ1) is 7.97. The molecule has 3 nitrogen and oxygen atoms in total. The van der Waals surface area contributed by atoms with Gasteiger partial charge in [0.25, 0.3) is 0 Å². The van der Waals surface area contributed by atoms with Crippen LogP contribution in [0.3, 0.4) is 0 Å². The van der Waals surface area contributed by atoms with Crippen molar-refractivity contribution >= 4 is 28.4 Å². The Morgan fingerprint density at radius 3 is 2.24 bits per heavy atom. The van der Waals surface area contributed by atoms with E-state index in [4.69, 9.17) is 5.73 Å². The smallest absolute Gasteiger partial charge is 0.135 e. The SMILES string of the molecule is Cc1cc(C)cc(Cn2nc(C)c(I)c2N)c1. The van der Waals surface area contributed by atoms with Gasteiger partial charge in [-0.3, -0.25) is 0 Å². The van der Waals surface area contributed by atoms with Crippen LogP contribution in [-0.4, -0.2) is 9.78 Å². The largest absolute Gasteiger partial charge is 0.383 e. The second-order valence-electron chi connectivity index (χ2n) is 4.44. The van der Waals surface area contributed by atoms with E-state index in [0.717, 1.165) is 21.6 Å². The van der Waals surface area contributed by atoms with Crippen molar-refractivity contribution in [3.63, 3.8) is 0 Å². The van der Waals surface area contributed by atoms with E-state index in [-0.39, 0.29) is 0 Å². The van der Waals surface area contributed by atoms with Crippen LogP contribution in [0.2, 0.25) is 0 Å². The molecule has 1 aromatic heterocycles. The van der Waals surface area contributed by atoms with E-state index in [1.807, 2.05) is 11.6 Å². The number of nitrogen functional groups attached to an aromatic ring is 1. The summed E-state index contributed by atoms with van der Waals surface area (Å²) >= 11 is 2.24. The lowest BCUT2D eigenvalue weighted by Gasteiger charge is -2.07. The van der Waals surface area contributed by atoms with Crippen LogP contribution < -0.4 is 5.73 Å². The van der Waals surface area contributed by atoms with Crippen molar-refractivity contribution < 1.29 is 0 Å². The summed E-state index contributed by atoms with van der Waals surface area (Å²) in [6.45, 7) is 6.93. The lowest BCUT2D eigenvalue weighted by atomic mass is 10.1. The number of hydrogen-bond donors (Lipinski definition) is 1. The molecule has 0 spiro atoms. The molecule has 0 fully saturated rings. The first-order valence-corrected chi connectivity index (χ1v) is 6.61. The first-order valence-electron chi connectivity index (χ1n) is 5.53. The average molecular weight is 341 g/mol. The number of benzene rings is 1. The summed E-state index contributed by atoms with van der Waals surface area (Å²) in [5, 5.41) is 4.45. The van der Waals surface area contributed by atoms with Crippen molar-refractivity contribution in [3.8, 4) is 0 Å². The highest BCUT2D eigenvalue weighted by Gasteiger charge is 2.09. The standard InChI is InChI=1S/C13H16IN3/c1-8-4-9(2)6-11(5-8)7-17-13(15)12(14)10(3)16-17/h4-6H,7,15H2,1-3H3. The van der Waals surface area contributed by atoms with Crippen molar-refractivity contribution in [1.82, 2.24) is 9.78 Å². The third-order valence-corrected chi connectivity index (χ3v) is 4.04. The molecule has 0 saturated carbocycles. The molecule has 2 N–H and O–H groups in total. The van der Waals surface area contributed by atoms with Crippen molar-refractivity contribution in [1.29, 1.82) is 0 Å². The fourth-order valence-electron chi connectivity index (χ4n) is 2.03. The van der Waals surface area contributed by atoms with Crippen LogP contribution in [0.1, 0.15) is 22.4 Å². The van der Waals surface area contributed by atoms with Gasteiger partial charge in [0.15, 0.2) is 0 Å². The van der Waals surface area contributed by atoms with E-state index in [0.29, 0.717) is 0 Å². The van der Waals surface area contributed by atoms with Gasteiger partial charge in [0.1, 0.15) is 5.82 Å². The summed E-state index contributed by atoms with van der Waals surface area (Å²) in [5.41, 5.74) is 10.8. The molecular formula is C13H16IN3. The Morgan fingerprint density at radius 2 is 1.76 bits per heavy atom. The molecule has 17 heavy (non-hydrogen) atoms. The Kier molecular flexibility index (Phi) is 3.42. The van der Waals surface area contributed by atoms with Crippen LogP contribution in [0.4, 0.5) is 5.82 Å². The molecule has 0 saturated heterocycles. The molecule has 90 valence electrons. The van der Waals surface area contributed by atoms with Gasteiger partial charge in [-0.2, -0.15) is 5.10 Å². The summed E-state index contributed by atoms with van der Waals surface area (Å²) < 4.78 is 2.91. The summed E-state index contributed by atoms with van der Waals surface area (Å²) in [7, 11) is 0. The molecule has 0 amide bonds. The quantitative estimate of drug-likeness (QED) is 0.854. The molecule has 0 unspecified atom stereocenters. The molecule has 0 bridgehead atoms. The van der Waals surface area contributed by atoms with Crippen LogP contribution in [0, 0.1) is 24.3 Å². The minimum absolute atomic E-state index is 0.734. The van der Waals surface area contributed by atoms with Crippen molar-refractivity contribution in [2.75, 3.05) is 5.73 Å². The number of aromatic nitrogens is 2. The maximum Gasteiger partial charge on any atom is 0.135 e. The molecule has 1 heterocycles. The molecule has 0 aliphatic carbocycles. The Hall–Kier alpha value is -1.04. The van der Waals surface area contributed by atoms with E-state index < -0.39 is 0 Å². The van der Waals surface area contributed by atoms with Crippen molar-refractivity contribution in [2.24, 2.45) is 0 Å². The molecule has 1 aromatic carbocycles. The van der Waals surface area contributed by atoms with Gasteiger partial charge in [-0.25, -0.2) is 4.68 Å². The van der Waals surface area contributed by atoms with Gasteiger partial charge in [-0.1, -0.05) is 29.3 Å². The van der Waals surface area contributed by atoms with Crippen molar-refractivity contribution in [2.45, 2.75) is 27.3 Å². The number of nitrogens with zero attached hydrogens (tertiary/aromatic N) is 2. The van der Waals surface area contributed by atoms with Crippen LogP contribution in [0.15, 0.2) is 18.2 Å². The second kappa shape index (κ2) is 4.68. The van der Waals surface area contributed by atoms with E-state index in [1.165, 1.54) is 16.7 Å². The van der Waals surface area contributed by atoms with Crippen molar-refractivity contribution in [3.05, 3.63) is 44.2 Å². The Bertz CT molecular complexity index is 538. The molecule has 0 aliphatic heterocycles. The van der Waals surface area contributed by atoms with Crippen LogP contribution in [0.5, 0.6) is 0 Å². The number of nitrogens with two attached hydrogens (primary N) is 1. The third kappa shape index (κ3) is 2.62. The van der Waals surface area contributed by atoms with Gasteiger partial charge in [0, 0.05) is 0 Å². The average Bonchev–Trinajstić information content (AvgIpc) is 2.45. The summed E-state index contributed by atoms with van der Waals surface area (Å²) in [5.74, 6) is 0.752. The van der Waals surface area contributed by atoms with Gasteiger partial charge >= 0.3 is 0 Å². The third-order valence-electron chi connectivity index (χ3n) is 2.71. The molecule has 2 rings (SSSR count). The molecule has 4 heteroatoms. The highest BCUT2D eigenvalue weighted by molar-refractivity contribution is 14.1. The number of halogens is 1. The maximum absolute atomic E-state index is 6.02. The zero-order valence-electron chi connectivity index (χ0n) is 10.3. The van der Waals surface area contributed by atoms with E-state index in [1.54, 1.807) is 0 Å². The molecule has 0 radical (unpaired) electrons. The molecule has 2 aromatic rings. The summed E-state index contributed by atoms with van der Waals surface area (Å²) in [6, 6.07) is 6.53. The van der Waals surface area contributed by atoms with Crippen LogP contribution >= 0.6 is 22.6 Å². The van der Waals surface area contributed by atoms with Crippen LogP contribution in [-0.2, 0) is 6.54 Å². The predicted octanol–water partition coefficient (Wildman–Crippen LogP) is 3.04. The van der Waals surface area contributed by atoms with E-state index >= 15 is 0 Å². The minimum atomic E-state index is 0.734. The summed E-state index contributed by atoms with van der Waals surface area (Å²) in [4.78, 5) is 0. The highest BCUT2D eigenvalue weighted by Crippen LogP contribution is 2.20. The van der Waals surface area contributed by atoms with Gasteiger partial charge in [0.2, 0.25) is 0 Å².